The maximum atomic E-state index is 11.3. The van der Waals surface area contributed by atoms with Crippen LogP contribution in [0.5, 0.6) is 0 Å². The van der Waals surface area contributed by atoms with Gasteiger partial charge in [-0.3, -0.25) is 0 Å². The molecule has 0 radical (unpaired) electrons. The Morgan fingerprint density at radius 3 is 2.33 bits per heavy atom. The zero-order valence-corrected chi connectivity index (χ0v) is 10.1. The van der Waals surface area contributed by atoms with E-state index in [1.807, 2.05) is 19.1 Å². The number of hydrogen-bond donors (Lipinski definition) is 2. The first-order chi connectivity index (χ1) is 8.43. The molecule has 1 heterocycles. The minimum Gasteiger partial charge on any atom is -0.477 e. The monoisotopic (exact) mass is 247 g/mol. The Balaban J connectivity index is 2.31. The Labute approximate surface area is 104 Å². The molecule has 5 nitrogen and oxygen atoms in total. The molecule has 0 spiro atoms. The predicted molar refractivity (Wildman–Crippen MR) is 65.0 cm³/mol. The molecule has 0 aromatic heterocycles. The maximum Gasteiger partial charge on any atom is 0.374 e. The van der Waals surface area contributed by atoms with Crippen LogP contribution >= 0.6 is 0 Å². The molecule has 0 amide bonds. The van der Waals surface area contributed by atoms with Gasteiger partial charge in [0.1, 0.15) is 0 Å². The van der Waals surface area contributed by atoms with Crippen molar-refractivity contribution in [1.29, 1.82) is 0 Å². The molecule has 0 saturated heterocycles. The minimum absolute atomic E-state index is 0.275. The number of esters is 1. The van der Waals surface area contributed by atoms with Crippen LogP contribution in [0.2, 0.25) is 0 Å². The number of carbonyl (C=O) groups excluding carboxylic acids is 1. The van der Waals surface area contributed by atoms with E-state index in [2.05, 4.69) is 5.32 Å². The number of ether oxygens (including phenoxy) is 1. The highest BCUT2D eigenvalue weighted by atomic mass is 16.6. The van der Waals surface area contributed by atoms with Gasteiger partial charge in [-0.1, -0.05) is 17.7 Å². The molecule has 1 atom stereocenters. The number of carbonyl (C=O) groups is 2. The van der Waals surface area contributed by atoms with E-state index in [4.69, 9.17) is 4.74 Å². The Morgan fingerprint density at radius 2 is 1.89 bits per heavy atom. The summed E-state index contributed by atoms with van der Waals surface area (Å²) in [5, 5.41) is 12.0. The van der Waals surface area contributed by atoms with Gasteiger partial charge in [-0.25, -0.2) is 9.59 Å². The normalized spacial score (nSPS) is 22.3. The van der Waals surface area contributed by atoms with Crippen molar-refractivity contribution in [2.24, 2.45) is 0 Å². The molecule has 0 bridgehead atoms. The number of aliphatic carboxylic acids is 1. The van der Waals surface area contributed by atoms with Gasteiger partial charge in [0.25, 0.3) is 0 Å². The van der Waals surface area contributed by atoms with Gasteiger partial charge in [0.15, 0.2) is 0 Å². The summed E-state index contributed by atoms with van der Waals surface area (Å²) >= 11 is 0. The summed E-state index contributed by atoms with van der Waals surface area (Å²) in [6.45, 7) is 3.44. The molecule has 1 aromatic rings. The van der Waals surface area contributed by atoms with Crippen molar-refractivity contribution >= 4 is 17.6 Å². The van der Waals surface area contributed by atoms with Gasteiger partial charge in [-0.2, -0.15) is 0 Å². The number of carboxylic acid groups (broad SMARTS) is 1. The SMILES string of the molecule is CC1=CC(Nc2ccc(C)cc2)(C(=O)O)OC1=O. The summed E-state index contributed by atoms with van der Waals surface area (Å²) in [5.74, 6) is -1.88. The fraction of sp³-hybridized carbons (Fsp3) is 0.231. The quantitative estimate of drug-likeness (QED) is 0.795. The van der Waals surface area contributed by atoms with Crippen LogP contribution in [-0.4, -0.2) is 22.8 Å². The van der Waals surface area contributed by atoms with Gasteiger partial charge in [0.05, 0.1) is 0 Å². The van der Waals surface area contributed by atoms with Crippen LogP contribution in [-0.2, 0) is 14.3 Å². The minimum atomic E-state index is -1.81. The van der Waals surface area contributed by atoms with E-state index in [-0.39, 0.29) is 5.57 Å². The van der Waals surface area contributed by atoms with Crippen LogP contribution in [0.3, 0.4) is 0 Å². The third-order valence-corrected chi connectivity index (χ3v) is 2.69. The van der Waals surface area contributed by atoms with Crippen molar-refractivity contribution in [1.82, 2.24) is 0 Å². The molecule has 5 heteroatoms. The van der Waals surface area contributed by atoms with Gasteiger partial charge in [-0.15, -0.1) is 0 Å². The van der Waals surface area contributed by atoms with Crippen molar-refractivity contribution in [2.45, 2.75) is 19.6 Å². The second-order valence-electron chi connectivity index (χ2n) is 4.25. The highest BCUT2D eigenvalue weighted by Crippen LogP contribution is 2.27. The first-order valence-electron chi connectivity index (χ1n) is 5.44. The van der Waals surface area contributed by atoms with E-state index >= 15 is 0 Å². The van der Waals surface area contributed by atoms with Crippen molar-refractivity contribution in [2.75, 3.05) is 5.32 Å². The lowest BCUT2D eigenvalue weighted by molar-refractivity contribution is -0.164. The van der Waals surface area contributed by atoms with Gasteiger partial charge in [0.2, 0.25) is 0 Å². The van der Waals surface area contributed by atoms with E-state index in [1.165, 1.54) is 13.0 Å². The third kappa shape index (κ3) is 2.07. The summed E-state index contributed by atoms with van der Waals surface area (Å²) in [7, 11) is 0. The molecule has 2 N–H and O–H groups in total. The lowest BCUT2D eigenvalue weighted by atomic mass is 10.1. The van der Waals surface area contributed by atoms with Gasteiger partial charge >= 0.3 is 17.7 Å². The summed E-state index contributed by atoms with van der Waals surface area (Å²) in [6.07, 6.45) is 1.28. The van der Waals surface area contributed by atoms with Crippen LogP contribution in [0.25, 0.3) is 0 Å². The summed E-state index contributed by atoms with van der Waals surface area (Å²) in [6, 6.07) is 7.14. The molecular weight excluding hydrogens is 234 g/mol. The first-order valence-corrected chi connectivity index (χ1v) is 5.44. The van der Waals surface area contributed by atoms with E-state index < -0.39 is 17.7 Å². The molecular formula is C13H13NO4. The summed E-state index contributed by atoms with van der Waals surface area (Å²) < 4.78 is 4.91. The Hall–Kier alpha value is -2.30. The maximum absolute atomic E-state index is 11.3. The number of benzene rings is 1. The lowest BCUT2D eigenvalue weighted by Gasteiger charge is -2.23. The highest BCUT2D eigenvalue weighted by Gasteiger charge is 2.46. The second-order valence-corrected chi connectivity index (χ2v) is 4.25. The molecule has 2 rings (SSSR count). The molecule has 1 aromatic carbocycles. The Morgan fingerprint density at radius 1 is 1.28 bits per heavy atom. The van der Waals surface area contributed by atoms with Crippen molar-refractivity contribution < 1.29 is 19.4 Å². The number of cyclic esters (lactones) is 1. The topological polar surface area (TPSA) is 75.6 Å². The fourth-order valence-corrected chi connectivity index (χ4v) is 1.69. The molecule has 0 fully saturated rings. The molecule has 1 aliphatic heterocycles. The molecule has 1 unspecified atom stereocenters. The molecule has 0 aliphatic carbocycles. The average Bonchev–Trinajstić information content (AvgIpc) is 2.59. The van der Waals surface area contributed by atoms with Crippen LogP contribution < -0.4 is 5.32 Å². The van der Waals surface area contributed by atoms with E-state index in [0.717, 1.165) is 5.56 Å². The largest absolute Gasteiger partial charge is 0.477 e. The Bertz CT molecular complexity index is 532. The second kappa shape index (κ2) is 4.18. The number of nitrogens with one attached hydrogen (secondary N) is 1. The zero-order chi connectivity index (χ0) is 13.3. The average molecular weight is 247 g/mol. The number of aryl methyl sites for hydroxylation is 1. The fourth-order valence-electron chi connectivity index (χ4n) is 1.69. The highest BCUT2D eigenvalue weighted by molar-refractivity contribution is 5.98. The first kappa shape index (κ1) is 12.2. The summed E-state index contributed by atoms with van der Waals surface area (Å²) in [5.41, 5.74) is 0.0926. The number of rotatable bonds is 3. The number of anilines is 1. The van der Waals surface area contributed by atoms with Crippen LogP contribution in [0, 0.1) is 6.92 Å². The smallest absolute Gasteiger partial charge is 0.374 e. The predicted octanol–water partition coefficient (Wildman–Crippen LogP) is 1.69. The standard InChI is InChI=1S/C13H13NO4/c1-8-3-5-10(6-4-8)14-13(12(16)17)7-9(2)11(15)18-13/h3-7,14H,1-2H3,(H,16,17). The number of carboxylic acids is 1. The molecule has 0 saturated carbocycles. The molecule has 94 valence electrons. The van der Waals surface area contributed by atoms with Gasteiger partial charge in [-0.05, 0) is 26.0 Å². The van der Waals surface area contributed by atoms with Gasteiger partial charge in [0, 0.05) is 17.3 Å². The summed E-state index contributed by atoms with van der Waals surface area (Å²) in [4.78, 5) is 22.6. The van der Waals surface area contributed by atoms with Crippen molar-refractivity contribution in [3.63, 3.8) is 0 Å². The van der Waals surface area contributed by atoms with Crippen LogP contribution in [0.4, 0.5) is 5.69 Å². The van der Waals surface area contributed by atoms with Crippen molar-refractivity contribution in [3.8, 4) is 0 Å². The molecule has 18 heavy (non-hydrogen) atoms. The van der Waals surface area contributed by atoms with E-state index in [1.54, 1.807) is 12.1 Å². The van der Waals surface area contributed by atoms with Gasteiger partial charge < -0.3 is 15.2 Å². The zero-order valence-electron chi connectivity index (χ0n) is 10.1. The van der Waals surface area contributed by atoms with Crippen LogP contribution in [0.1, 0.15) is 12.5 Å². The number of hydrogen-bond acceptors (Lipinski definition) is 4. The lowest BCUT2D eigenvalue weighted by Crippen LogP contribution is -2.45. The van der Waals surface area contributed by atoms with E-state index in [9.17, 15) is 14.7 Å². The van der Waals surface area contributed by atoms with Crippen LogP contribution in [0.15, 0.2) is 35.9 Å². The Kier molecular flexibility index (Phi) is 2.82. The molecule has 1 aliphatic rings. The van der Waals surface area contributed by atoms with E-state index in [0.29, 0.717) is 5.69 Å². The van der Waals surface area contributed by atoms with Crippen molar-refractivity contribution in [3.05, 3.63) is 41.5 Å². The third-order valence-electron chi connectivity index (χ3n) is 2.69.